The van der Waals surface area contributed by atoms with Crippen molar-refractivity contribution in [3.8, 4) is 0 Å². The average Bonchev–Trinajstić information content (AvgIpc) is 3.05. The first-order valence-electron chi connectivity index (χ1n) is 8.09. The molecule has 2 aromatic rings. The number of hydrogen-bond donors (Lipinski definition) is 2. The molecule has 0 atom stereocenters. The normalized spacial score (nSPS) is 14.7. The summed E-state index contributed by atoms with van der Waals surface area (Å²) in [6.45, 7) is 4.13. The van der Waals surface area contributed by atoms with Gasteiger partial charge < -0.3 is 10.6 Å². The van der Waals surface area contributed by atoms with Gasteiger partial charge in [0.05, 0.1) is 0 Å². The Morgan fingerprint density at radius 2 is 1.96 bits per heavy atom. The zero-order valence-corrected chi connectivity index (χ0v) is 13.6. The maximum atomic E-state index is 12.3. The van der Waals surface area contributed by atoms with Gasteiger partial charge in [0.25, 0.3) is 5.91 Å². The van der Waals surface area contributed by atoms with Gasteiger partial charge in [-0.2, -0.15) is 0 Å². The summed E-state index contributed by atoms with van der Waals surface area (Å²) in [5.41, 5.74) is 3.77. The Morgan fingerprint density at radius 1 is 1.17 bits per heavy atom. The summed E-state index contributed by atoms with van der Waals surface area (Å²) < 4.78 is 0. The number of carbonyl (C=O) groups excluding carboxylic acids is 1. The van der Waals surface area contributed by atoms with Crippen LogP contribution in [0.4, 0.5) is 11.5 Å². The molecule has 23 heavy (non-hydrogen) atoms. The second kappa shape index (κ2) is 6.77. The molecule has 0 saturated heterocycles. The third kappa shape index (κ3) is 3.67. The quantitative estimate of drug-likeness (QED) is 0.907. The van der Waals surface area contributed by atoms with Crippen molar-refractivity contribution in [2.24, 2.45) is 0 Å². The highest BCUT2D eigenvalue weighted by molar-refractivity contribution is 5.93. The van der Waals surface area contributed by atoms with Crippen LogP contribution in [-0.2, 0) is 0 Å². The number of anilines is 2. The Labute approximate surface area is 136 Å². The van der Waals surface area contributed by atoms with Crippen LogP contribution >= 0.6 is 0 Å². The van der Waals surface area contributed by atoms with Crippen molar-refractivity contribution in [1.82, 2.24) is 15.3 Å². The molecule has 1 aromatic carbocycles. The molecule has 0 radical (unpaired) electrons. The minimum Gasteiger partial charge on any atom is -0.348 e. The van der Waals surface area contributed by atoms with E-state index >= 15 is 0 Å². The highest BCUT2D eigenvalue weighted by Crippen LogP contribution is 2.22. The number of carbonyl (C=O) groups is 1. The van der Waals surface area contributed by atoms with E-state index in [4.69, 9.17) is 0 Å². The molecule has 0 bridgehead atoms. The molecule has 120 valence electrons. The van der Waals surface area contributed by atoms with E-state index in [0.717, 1.165) is 18.5 Å². The molecule has 5 nitrogen and oxygen atoms in total. The highest BCUT2D eigenvalue weighted by atomic mass is 16.1. The summed E-state index contributed by atoms with van der Waals surface area (Å²) in [6, 6.07) is 8.06. The number of aryl methyl sites for hydroxylation is 1. The molecule has 1 aliphatic rings. The van der Waals surface area contributed by atoms with Crippen LogP contribution in [-0.4, -0.2) is 21.9 Å². The van der Waals surface area contributed by atoms with Crippen LogP contribution in [0, 0.1) is 13.8 Å². The fourth-order valence-electron chi connectivity index (χ4n) is 2.90. The van der Waals surface area contributed by atoms with Crippen molar-refractivity contribution in [3.63, 3.8) is 0 Å². The monoisotopic (exact) mass is 310 g/mol. The van der Waals surface area contributed by atoms with Gasteiger partial charge >= 0.3 is 0 Å². The first-order valence-corrected chi connectivity index (χ1v) is 8.09. The smallest absolute Gasteiger partial charge is 0.270 e. The first kappa shape index (κ1) is 15.5. The molecule has 1 saturated carbocycles. The Morgan fingerprint density at radius 3 is 2.74 bits per heavy atom. The van der Waals surface area contributed by atoms with E-state index in [0.29, 0.717) is 11.5 Å². The van der Waals surface area contributed by atoms with E-state index in [9.17, 15) is 4.79 Å². The lowest BCUT2D eigenvalue weighted by molar-refractivity contribution is 0.0932. The number of amides is 1. The Balaban J connectivity index is 1.74. The van der Waals surface area contributed by atoms with E-state index in [2.05, 4.69) is 40.5 Å². The van der Waals surface area contributed by atoms with Crippen molar-refractivity contribution in [2.45, 2.75) is 45.6 Å². The van der Waals surface area contributed by atoms with Gasteiger partial charge in [-0.15, -0.1) is 0 Å². The van der Waals surface area contributed by atoms with Crippen molar-refractivity contribution < 1.29 is 4.79 Å². The third-order valence-corrected chi connectivity index (χ3v) is 4.46. The second-order valence-electron chi connectivity index (χ2n) is 6.12. The predicted octanol–water partition coefficient (Wildman–Crippen LogP) is 3.51. The second-order valence-corrected chi connectivity index (χ2v) is 6.12. The van der Waals surface area contributed by atoms with Crippen LogP contribution in [0.1, 0.15) is 47.3 Å². The Hall–Kier alpha value is -2.43. The topological polar surface area (TPSA) is 66.9 Å². The lowest BCUT2D eigenvalue weighted by atomic mass is 10.1. The van der Waals surface area contributed by atoms with Gasteiger partial charge in [0.1, 0.15) is 17.8 Å². The largest absolute Gasteiger partial charge is 0.348 e. The van der Waals surface area contributed by atoms with Gasteiger partial charge in [0, 0.05) is 17.8 Å². The molecule has 2 N–H and O–H groups in total. The van der Waals surface area contributed by atoms with Crippen molar-refractivity contribution >= 4 is 17.4 Å². The molecule has 1 aliphatic carbocycles. The Kier molecular flexibility index (Phi) is 4.55. The number of hydrogen-bond acceptors (Lipinski definition) is 4. The SMILES string of the molecule is Cc1cccc(Nc2cc(C(=O)NC3CCCC3)ncn2)c1C. The summed E-state index contributed by atoms with van der Waals surface area (Å²) in [6.07, 6.45) is 5.92. The van der Waals surface area contributed by atoms with Crippen molar-refractivity contribution in [1.29, 1.82) is 0 Å². The van der Waals surface area contributed by atoms with Gasteiger partial charge in [-0.25, -0.2) is 9.97 Å². The number of nitrogens with one attached hydrogen (secondary N) is 2. The zero-order chi connectivity index (χ0) is 16.2. The Bertz CT molecular complexity index is 708. The van der Waals surface area contributed by atoms with Gasteiger partial charge in [0.15, 0.2) is 0 Å². The number of rotatable bonds is 4. The van der Waals surface area contributed by atoms with E-state index < -0.39 is 0 Å². The lowest BCUT2D eigenvalue weighted by Crippen LogP contribution is -2.33. The molecular formula is C18H22N4O. The maximum Gasteiger partial charge on any atom is 0.270 e. The molecule has 1 fully saturated rings. The molecule has 0 aliphatic heterocycles. The summed E-state index contributed by atoms with van der Waals surface area (Å²) in [5, 5.41) is 6.32. The van der Waals surface area contributed by atoms with Crippen LogP contribution in [0.5, 0.6) is 0 Å². The van der Waals surface area contributed by atoms with Crippen LogP contribution in [0.15, 0.2) is 30.6 Å². The van der Waals surface area contributed by atoms with E-state index in [-0.39, 0.29) is 11.9 Å². The van der Waals surface area contributed by atoms with Crippen LogP contribution in [0.3, 0.4) is 0 Å². The number of nitrogens with zero attached hydrogens (tertiary/aromatic N) is 2. The standard InChI is InChI=1S/C18H22N4O/c1-12-6-5-9-15(13(12)2)22-17-10-16(19-11-20-17)18(23)21-14-7-3-4-8-14/h5-6,9-11,14H,3-4,7-8H2,1-2H3,(H,21,23)(H,19,20,22). The van der Waals surface area contributed by atoms with E-state index in [1.54, 1.807) is 6.07 Å². The van der Waals surface area contributed by atoms with Gasteiger partial charge in [0.2, 0.25) is 0 Å². The average molecular weight is 310 g/mol. The summed E-state index contributed by atoms with van der Waals surface area (Å²) >= 11 is 0. The third-order valence-electron chi connectivity index (χ3n) is 4.46. The first-order chi connectivity index (χ1) is 11.1. The molecule has 3 rings (SSSR count). The summed E-state index contributed by atoms with van der Waals surface area (Å²) in [5.74, 6) is 0.508. The predicted molar refractivity (Wildman–Crippen MR) is 91.0 cm³/mol. The summed E-state index contributed by atoms with van der Waals surface area (Å²) in [7, 11) is 0. The van der Waals surface area contributed by atoms with E-state index in [1.807, 2.05) is 12.1 Å². The molecular weight excluding hydrogens is 288 g/mol. The van der Waals surface area contributed by atoms with Gasteiger partial charge in [-0.3, -0.25) is 4.79 Å². The molecule has 1 heterocycles. The number of aromatic nitrogens is 2. The molecule has 1 aromatic heterocycles. The van der Waals surface area contributed by atoms with Gasteiger partial charge in [-0.05, 0) is 43.9 Å². The van der Waals surface area contributed by atoms with Crippen LogP contribution in [0.25, 0.3) is 0 Å². The minimum absolute atomic E-state index is 0.122. The molecule has 0 spiro atoms. The molecule has 0 unspecified atom stereocenters. The minimum atomic E-state index is -0.122. The van der Waals surface area contributed by atoms with Crippen LogP contribution in [0.2, 0.25) is 0 Å². The fraction of sp³-hybridized carbons (Fsp3) is 0.389. The molecule has 5 heteroatoms. The van der Waals surface area contributed by atoms with Crippen molar-refractivity contribution in [2.75, 3.05) is 5.32 Å². The highest BCUT2D eigenvalue weighted by Gasteiger charge is 2.19. The zero-order valence-electron chi connectivity index (χ0n) is 13.6. The summed E-state index contributed by atoms with van der Waals surface area (Å²) in [4.78, 5) is 20.6. The van der Waals surface area contributed by atoms with Gasteiger partial charge in [-0.1, -0.05) is 25.0 Å². The lowest BCUT2D eigenvalue weighted by Gasteiger charge is -2.13. The fourth-order valence-corrected chi connectivity index (χ4v) is 2.90. The van der Waals surface area contributed by atoms with E-state index in [1.165, 1.54) is 30.3 Å². The van der Waals surface area contributed by atoms with Crippen LogP contribution < -0.4 is 10.6 Å². The van der Waals surface area contributed by atoms with Crippen molar-refractivity contribution in [3.05, 3.63) is 47.4 Å². The number of benzene rings is 1. The maximum absolute atomic E-state index is 12.3. The molecule has 1 amide bonds.